The number of hydrogen-bond donors (Lipinski definition) is 2. The number of rotatable bonds is 9. The highest BCUT2D eigenvalue weighted by Gasteiger charge is 2.16. The van der Waals surface area contributed by atoms with Crippen LogP contribution in [0.2, 0.25) is 5.02 Å². The van der Waals surface area contributed by atoms with Crippen molar-refractivity contribution in [1.82, 2.24) is 20.1 Å². The first kappa shape index (κ1) is 24.0. The van der Waals surface area contributed by atoms with Crippen molar-refractivity contribution < 1.29 is 9.59 Å². The topological polar surface area (TPSA) is 88.9 Å². The Balaban J connectivity index is 1.62. The summed E-state index contributed by atoms with van der Waals surface area (Å²) in [6.45, 7) is 6.30. The van der Waals surface area contributed by atoms with E-state index >= 15 is 0 Å². The number of nitrogens with zero attached hydrogens (tertiary/aromatic N) is 3. The molecule has 166 valence electrons. The fourth-order valence-electron chi connectivity index (χ4n) is 2.85. The summed E-state index contributed by atoms with van der Waals surface area (Å²) < 4.78 is 2.76. The molecule has 3 rings (SSSR count). The smallest absolute Gasteiger partial charge is 0.253 e. The number of benzene rings is 2. The number of aromatic nitrogens is 3. The number of amides is 2. The molecule has 3 aromatic rings. The van der Waals surface area contributed by atoms with E-state index in [-0.39, 0.29) is 24.1 Å². The van der Waals surface area contributed by atoms with Gasteiger partial charge < -0.3 is 15.2 Å². The third kappa shape index (κ3) is 6.21. The Kier molecular flexibility index (Phi) is 8.49. The van der Waals surface area contributed by atoms with Gasteiger partial charge in [-0.05, 0) is 42.8 Å². The molecule has 0 saturated carbocycles. The molecule has 0 fully saturated rings. The number of anilines is 1. The second kappa shape index (κ2) is 11.3. The van der Waals surface area contributed by atoms with Crippen molar-refractivity contribution >= 4 is 56.8 Å². The zero-order valence-corrected chi connectivity index (χ0v) is 20.4. The van der Waals surface area contributed by atoms with Crippen LogP contribution in [0.5, 0.6) is 0 Å². The minimum atomic E-state index is -0.304. The summed E-state index contributed by atoms with van der Waals surface area (Å²) >= 11 is 10.8. The van der Waals surface area contributed by atoms with Gasteiger partial charge in [-0.3, -0.25) is 9.59 Å². The maximum absolute atomic E-state index is 12.4. The highest BCUT2D eigenvalue weighted by molar-refractivity contribution is 9.10. The molecule has 7 nitrogen and oxygen atoms in total. The molecule has 1 aromatic heterocycles. The molecule has 0 spiro atoms. The van der Waals surface area contributed by atoms with Gasteiger partial charge in [0.2, 0.25) is 5.91 Å². The van der Waals surface area contributed by atoms with Gasteiger partial charge in [-0.1, -0.05) is 57.5 Å². The minimum absolute atomic E-state index is 0.151. The maximum Gasteiger partial charge on any atom is 0.253 e. The number of nitrogens with one attached hydrogen (secondary N) is 2. The summed E-state index contributed by atoms with van der Waals surface area (Å²) in [5, 5.41) is 15.0. The van der Waals surface area contributed by atoms with Crippen molar-refractivity contribution in [2.24, 2.45) is 0 Å². The van der Waals surface area contributed by atoms with Crippen LogP contribution >= 0.6 is 39.3 Å². The van der Waals surface area contributed by atoms with Gasteiger partial charge in [-0.2, -0.15) is 0 Å². The molecule has 0 aliphatic carbocycles. The van der Waals surface area contributed by atoms with Gasteiger partial charge in [0.05, 0.1) is 22.9 Å². The van der Waals surface area contributed by atoms with Crippen LogP contribution in [0.4, 0.5) is 5.69 Å². The lowest BCUT2D eigenvalue weighted by atomic mass is 10.2. The number of carbonyl (C=O) groups is 2. The fourth-order valence-corrected chi connectivity index (χ4v) is 4.32. The highest BCUT2D eigenvalue weighted by Crippen LogP contribution is 2.22. The van der Waals surface area contributed by atoms with E-state index in [0.29, 0.717) is 28.1 Å². The van der Waals surface area contributed by atoms with E-state index in [1.165, 1.54) is 11.8 Å². The Morgan fingerprint density at radius 2 is 2.03 bits per heavy atom. The second-order valence-corrected chi connectivity index (χ2v) is 9.02. The van der Waals surface area contributed by atoms with Crippen LogP contribution in [-0.4, -0.2) is 32.3 Å². The largest absolute Gasteiger partial charge is 0.345 e. The molecule has 2 aromatic carbocycles. The van der Waals surface area contributed by atoms with E-state index in [4.69, 9.17) is 11.6 Å². The van der Waals surface area contributed by atoms with E-state index in [2.05, 4.69) is 43.3 Å². The molecular weight excluding hydrogens is 514 g/mol. The molecule has 32 heavy (non-hydrogen) atoms. The lowest BCUT2D eigenvalue weighted by molar-refractivity contribution is -0.113. The lowest BCUT2D eigenvalue weighted by Crippen LogP contribution is -2.25. The molecule has 0 aliphatic heterocycles. The van der Waals surface area contributed by atoms with E-state index in [0.717, 1.165) is 15.7 Å². The first-order valence-electron chi connectivity index (χ1n) is 9.63. The van der Waals surface area contributed by atoms with E-state index in [9.17, 15) is 9.59 Å². The minimum Gasteiger partial charge on any atom is -0.345 e. The number of carbonyl (C=O) groups excluding carboxylic acids is 2. The molecule has 0 aliphatic rings. The molecule has 0 saturated heterocycles. The van der Waals surface area contributed by atoms with Crippen molar-refractivity contribution in [3.63, 3.8) is 0 Å². The van der Waals surface area contributed by atoms with Crippen molar-refractivity contribution in [2.45, 2.75) is 25.2 Å². The van der Waals surface area contributed by atoms with Crippen LogP contribution in [0.1, 0.15) is 21.7 Å². The molecule has 10 heteroatoms. The third-order valence-corrected chi connectivity index (χ3v) is 6.22. The summed E-state index contributed by atoms with van der Waals surface area (Å²) in [6.07, 6.45) is 1.71. The zero-order chi connectivity index (χ0) is 23.1. The van der Waals surface area contributed by atoms with Crippen LogP contribution < -0.4 is 10.6 Å². The van der Waals surface area contributed by atoms with Gasteiger partial charge in [0, 0.05) is 16.7 Å². The summed E-state index contributed by atoms with van der Waals surface area (Å²) in [6, 6.07) is 12.5. The second-order valence-electron chi connectivity index (χ2n) is 6.76. The summed E-state index contributed by atoms with van der Waals surface area (Å²) in [7, 11) is 0. The Morgan fingerprint density at radius 1 is 1.25 bits per heavy atom. The summed E-state index contributed by atoms with van der Waals surface area (Å²) in [5.74, 6) is 0.262. The molecular formula is C22H21BrClN5O2S. The Bertz CT molecular complexity index is 1150. The maximum atomic E-state index is 12.4. The summed E-state index contributed by atoms with van der Waals surface area (Å²) in [5.41, 5.74) is 2.11. The van der Waals surface area contributed by atoms with Crippen molar-refractivity contribution in [1.29, 1.82) is 0 Å². The fraction of sp³-hybridized carbons (Fsp3) is 0.182. The molecule has 2 N–H and O–H groups in total. The van der Waals surface area contributed by atoms with Gasteiger partial charge in [0.25, 0.3) is 5.91 Å². The van der Waals surface area contributed by atoms with Crippen LogP contribution in [0.25, 0.3) is 0 Å². The Morgan fingerprint density at radius 3 is 2.75 bits per heavy atom. The quantitative estimate of drug-likeness (QED) is 0.303. The molecule has 1 heterocycles. The average Bonchev–Trinajstić information content (AvgIpc) is 3.15. The Labute approximate surface area is 203 Å². The Hall–Kier alpha value is -2.62. The number of hydrogen-bond acceptors (Lipinski definition) is 5. The highest BCUT2D eigenvalue weighted by atomic mass is 79.9. The van der Waals surface area contributed by atoms with Gasteiger partial charge in [-0.15, -0.1) is 16.8 Å². The van der Waals surface area contributed by atoms with Crippen LogP contribution in [-0.2, 0) is 17.9 Å². The predicted molar refractivity (Wildman–Crippen MR) is 131 cm³/mol. The summed E-state index contributed by atoms with van der Waals surface area (Å²) in [4.78, 5) is 24.8. The normalized spacial score (nSPS) is 10.6. The van der Waals surface area contributed by atoms with Crippen molar-refractivity contribution in [2.75, 3.05) is 11.1 Å². The van der Waals surface area contributed by atoms with Crippen LogP contribution in [0.15, 0.2) is 64.7 Å². The van der Waals surface area contributed by atoms with Gasteiger partial charge in [0.1, 0.15) is 0 Å². The van der Waals surface area contributed by atoms with Crippen LogP contribution in [0, 0.1) is 6.92 Å². The van der Waals surface area contributed by atoms with Crippen molar-refractivity contribution in [3.8, 4) is 0 Å². The first-order chi connectivity index (χ1) is 15.4. The third-order valence-electron chi connectivity index (χ3n) is 4.43. The van der Waals surface area contributed by atoms with E-state index in [1.54, 1.807) is 30.3 Å². The van der Waals surface area contributed by atoms with E-state index < -0.39 is 0 Å². The predicted octanol–water partition coefficient (Wildman–Crippen LogP) is 4.85. The van der Waals surface area contributed by atoms with Crippen molar-refractivity contribution in [3.05, 3.63) is 81.6 Å². The van der Waals surface area contributed by atoms with Crippen LogP contribution in [0.3, 0.4) is 0 Å². The molecule has 0 bridgehead atoms. The SMILES string of the molecule is C=CCn1c(CNC(=O)c2ccccc2Cl)nnc1SCC(=O)Nc1ccc(Br)cc1C. The average molecular weight is 535 g/mol. The first-order valence-corrected chi connectivity index (χ1v) is 11.8. The zero-order valence-electron chi connectivity index (χ0n) is 17.3. The number of allylic oxidation sites excluding steroid dienone is 1. The molecule has 0 radical (unpaired) electrons. The lowest BCUT2D eigenvalue weighted by Gasteiger charge is -2.10. The number of aryl methyl sites for hydroxylation is 1. The standard InChI is InChI=1S/C22H21BrClN5O2S/c1-3-10-29-19(12-25-21(31)16-6-4-5-7-17(16)24)27-28-22(29)32-13-20(30)26-18-9-8-15(23)11-14(18)2/h3-9,11H,1,10,12-13H2,2H3,(H,25,31)(H,26,30). The molecule has 2 amide bonds. The van der Waals surface area contributed by atoms with Gasteiger partial charge >= 0.3 is 0 Å². The number of thioether (sulfide) groups is 1. The van der Waals surface area contributed by atoms with Gasteiger partial charge in [0.15, 0.2) is 11.0 Å². The van der Waals surface area contributed by atoms with E-state index in [1.807, 2.05) is 29.7 Å². The van der Waals surface area contributed by atoms with Gasteiger partial charge in [-0.25, -0.2) is 0 Å². The number of halogens is 2. The molecule has 0 atom stereocenters. The monoisotopic (exact) mass is 533 g/mol. The molecule has 0 unspecified atom stereocenters.